The molecule has 0 heterocycles. The number of nitrogens with zero attached hydrogens (tertiary/aromatic N) is 2. The van der Waals surface area contributed by atoms with Gasteiger partial charge in [-0.05, 0) is 17.7 Å². The van der Waals surface area contributed by atoms with Crippen LogP contribution in [0, 0.1) is 10.1 Å². The van der Waals surface area contributed by atoms with Crippen LogP contribution in [-0.2, 0) is 16.1 Å². The molecule has 0 fully saturated rings. The molecule has 9 nitrogen and oxygen atoms in total. The summed E-state index contributed by atoms with van der Waals surface area (Å²) in [6.07, 6.45) is 0.860. The first-order valence-electron chi connectivity index (χ1n) is 7.94. The second-order valence-electron chi connectivity index (χ2n) is 5.42. The molecule has 9 heteroatoms. The molecule has 0 aliphatic heterocycles. The highest BCUT2D eigenvalue weighted by atomic mass is 16.6. The molecule has 0 bridgehead atoms. The summed E-state index contributed by atoms with van der Waals surface area (Å²) in [7, 11) is 1.33. The summed E-state index contributed by atoms with van der Waals surface area (Å²) >= 11 is 0. The van der Waals surface area contributed by atoms with Crippen LogP contribution >= 0.6 is 0 Å². The number of hydrogen-bond donors (Lipinski definition) is 2. The van der Waals surface area contributed by atoms with Crippen molar-refractivity contribution < 1.29 is 19.2 Å². The van der Waals surface area contributed by atoms with E-state index in [9.17, 15) is 19.7 Å². The number of nitro benzene ring substituents is 1. The number of nitro groups is 1. The molecule has 140 valence electrons. The molecule has 0 aliphatic rings. The summed E-state index contributed by atoms with van der Waals surface area (Å²) in [5.74, 6) is -0.914. The number of carbonyl (C=O) groups excluding carboxylic acids is 2. The predicted octanol–water partition coefficient (Wildman–Crippen LogP) is 1.76. The van der Waals surface area contributed by atoms with Gasteiger partial charge in [0.15, 0.2) is 5.75 Å². The van der Waals surface area contributed by atoms with E-state index in [4.69, 9.17) is 4.74 Å². The Bertz CT molecular complexity index is 852. The van der Waals surface area contributed by atoms with E-state index in [1.807, 2.05) is 30.3 Å². The molecule has 2 N–H and O–H groups in total. The minimum Gasteiger partial charge on any atom is -0.490 e. The second kappa shape index (κ2) is 9.66. The lowest BCUT2D eigenvalue weighted by Gasteiger charge is -2.04. The second-order valence-corrected chi connectivity index (χ2v) is 5.42. The minimum absolute atomic E-state index is 0.122. The fraction of sp³-hybridized carbons (Fsp3) is 0.167. The minimum atomic E-state index is -0.597. The Hall–Kier alpha value is -3.75. The molecule has 27 heavy (non-hydrogen) atoms. The Morgan fingerprint density at radius 3 is 2.59 bits per heavy atom. The summed E-state index contributed by atoms with van der Waals surface area (Å²) in [4.78, 5) is 33.8. The Balaban J connectivity index is 1.83. The Morgan fingerprint density at radius 2 is 1.93 bits per heavy atom. The highest BCUT2D eigenvalue weighted by Gasteiger charge is 2.14. The van der Waals surface area contributed by atoms with Crippen LogP contribution in [0.4, 0.5) is 5.69 Å². The standard InChI is InChI=1S/C18H18N4O5/c1-27-16-8-7-14(9-15(16)22(25)26)12-20-21-18(24)10-17(23)19-11-13-5-3-2-4-6-13/h2-9,12H,10-11H2,1H3,(H,19,23)(H,21,24). The van der Waals surface area contributed by atoms with Crippen LogP contribution in [0.3, 0.4) is 0 Å². The Kier molecular flexibility index (Phi) is 7.00. The number of rotatable bonds is 8. The van der Waals surface area contributed by atoms with Crippen LogP contribution in [-0.4, -0.2) is 30.1 Å². The van der Waals surface area contributed by atoms with Crippen LogP contribution in [0.1, 0.15) is 17.5 Å². The van der Waals surface area contributed by atoms with Crippen molar-refractivity contribution in [2.45, 2.75) is 13.0 Å². The first-order valence-corrected chi connectivity index (χ1v) is 7.94. The van der Waals surface area contributed by atoms with Gasteiger partial charge in [0.05, 0.1) is 18.2 Å². The van der Waals surface area contributed by atoms with Crippen molar-refractivity contribution in [3.8, 4) is 5.75 Å². The number of nitrogens with one attached hydrogen (secondary N) is 2. The quantitative estimate of drug-likeness (QED) is 0.317. The van der Waals surface area contributed by atoms with Crippen LogP contribution in [0.15, 0.2) is 53.6 Å². The molecule has 0 aliphatic carbocycles. The fourth-order valence-electron chi connectivity index (χ4n) is 2.15. The molecular formula is C18H18N4O5. The predicted molar refractivity (Wildman–Crippen MR) is 98.3 cm³/mol. The van der Waals surface area contributed by atoms with Crippen LogP contribution < -0.4 is 15.5 Å². The van der Waals surface area contributed by atoms with Crippen molar-refractivity contribution >= 4 is 23.7 Å². The lowest BCUT2D eigenvalue weighted by Crippen LogP contribution is -2.29. The summed E-state index contributed by atoms with van der Waals surface area (Å²) < 4.78 is 4.90. The average Bonchev–Trinajstić information content (AvgIpc) is 2.67. The number of hydrogen-bond acceptors (Lipinski definition) is 6. The van der Waals surface area contributed by atoms with Crippen molar-refractivity contribution in [1.29, 1.82) is 0 Å². The van der Waals surface area contributed by atoms with Gasteiger partial charge in [0.1, 0.15) is 6.42 Å². The molecule has 0 radical (unpaired) electrons. The number of methoxy groups -OCH3 is 1. The average molecular weight is 370 g/mol. The van der Waals surface area contributed by atoms with E-state index in [0.29, 0.717) is 12.1 Å². The normalized spacial score (nSPS) is 10.4. The molecule has 2 amide bonds. The number of benzene rings is 2. The number of ether oxygens (including phenoxy) is 1. The molecule has 0 aromatic heterocycles. The van der Waals surface area contributed by atoms with Crippen molar-refractivity contribution in [2.75, 3.05) is 7.11 Å². The van der Waals surface area contributed by atoms with Crippen molar-refractivity contribution in [2.24, 2.45) is 5.10 Å². The van der Waals surface area contributed by atoms with Crippen LogP contribution in [0.25, 0.3) is 0 Å². The van der Waals surface area contributed by atoms with E-state index in [0.717, 1.165) is 5.56 Å². The van der Waals surface area contributed by atoms with Crippen molar-refractivity contribution in [3.63, 3.8) is 0 Å². The molecule has 2 aromatic rings. The van der Waals surface area contributed by atoms with Crippen molar-refractivity contribution in [3.05, 3.63) is 69.8 Å². The van der Waals surface area contributed by atoms with Crippen molar-refractivity contribution in [1.82, 2.24) is 10.7 Å². The maximum absolute atomic E-state index is 11.7. The van der Waals surface area contributed by atoms with Crippen LogP contribution in [0.2, 0.25) is 0 Å². The molecular weight excluding hydrogens is 352 g/mol. The van der Waals surface area contributed by atoms with Gasteiger partial charge in [0.25, 0.3) is 0 Å². The Morgan fingerprint density at radius 1 is 1.19 bits per heavy atom. The van der Waals surface area contributed by atoms with E-state index in [1.54, 1.807) is 6.07 Å². The summed E-state index contributed by atoms with van der Waals surface area (Å²) in [5, 5.41) is 17.3. The summed E-state index contributed by atoms with van der Waals surface area (Å²) in [6.45, 7) is 0.325. The lowest BCUT2D eigenvalue weighted by atomic mass is 10.2. The van der Waals surface area contributed by atoms with E-state index in [1.165, 1.54) is 25.5 Å². The van der Waals surface area contributed by atoms with E-state index in [2.05, 4.69) is 15.8 Å². The lowest BCUT2D eigenvalue weighted by molar-refractivity contribution is -0.385. The third-order valence-electron chi connectivity index (χ3n) is 3.46. The summed E-state index contributed by atoms with van der Waals surface area (Å²) in [6, 6.07) is 13.5. The molecule has 2 aromatic carbocycles. The third kappa shape index (κ3) is 6.24. The SMILES string of the molecule is COc1ccc(C=NNC(=O)CC(=O)NCc2ccccc2)cc1[N+](=O)[O-]. The van der Waals surface area contributed by atoms with Gasteiger partial charge in [-0.2, -0.15) is 5.10 Å². The molecule has 0 saturated carbocycles. The molecule has 2 rings (SSSR count). The smallest absolute Gasteiger partial charge is 0.311 e. The maximum Gasteiger partial charge on any atom is 0.311 e. The van der Waals surface area contributed by atoms with Gasteiger partial charge in [0, 0.05) is 18.2 Å². The highest BCUT2D eigenvalue weighted by Crippen LogP contribution is 2.26. The van der Waals surface area contributed by atoms with Gasteiger partial charge < -0.3 is 10.1 Å². The molecule has 0 unspecified atom stereocenters. The number of carbonyl (C=O) groups is 2. The number of amides is 2. The van der Waals surface area contributed by atoms with E-state index < -0.39 is 16.7 Å². The maximum atomic E-state index is 11.7. The highest BCUT2D eigenvalue weighted by molar-refractivity contribution is 5.97. The largest absolute Gasteiger partial charge is 0.490 e. The zero-order valence-corrected chi connectivity index (χ0v) is 14.5. The molecule has 0 atom stereocenters. The van der Waals surface area contributed by atoms with E-state index in [-0.39, 0.29) is 17.9 Å². The van der Waals surface area contributed by atoms with Crippen LogP contribution in [0.5, 0.6) is 5.75 Å². The monoisotopic (exact) mass is 370 g/mol. The first kappa shape index (κ1) is 19.6. The third-order valence-corrected chi connectivity index (χ3v) is 3.46. The van der Waals surface area contributed by atoms with Gasteiger partial charge >= 0.3 is 5.69 Å². The molecule has 0 spiro atoms. The zero-order chi connectivity index (χ0) is 19.6. The van der Waals surface area contributed by atoms with Gasteiger partial charge in [-0.15, -0.1) is 0 Å². The first-order chi connectivity index (χ1) is 13.0. The zero-order valence-electron chi connectivity index (χ0n) is 14.5. The topological polar surface area (TPSA) is 123 Å². The van der Waals surface area contributed by atoms with Gasteiger partial charge in [-0.1, -0.05) is 30.3 Å². The fourth-order valence-corrected chi connectivity index (χ4v) is 2.15. The van der Waals surface area contributed by atoms with Gasteiger partial charge in [0.2, 0.25) is 11.8 Å². The Labute approximate surface area is 155 Å². The number of hydrazone groups is 1. The van der Waals surface area contributed by atoms with Gasteiger partial charge in [-0.25, -0.2) is 5.43 Å². The van der Waals surface area contributed by atoms with Gasteiger partial charge in [-0.3, -0.25) is 19.7 Å². The molecule has 0 saturated heterocycles. The van der Waals surface area contributed by atoms with E-state index >= 15 is 0 Å². The summed E-state index contributed by atoms with van der Waals surface area (Å²) in [5.41, 5.74) is 3.31.